The number of rotatable bonds is 4. The van der Waals surface area contributed by atoms with E-state index in [4.69, 9.17) is 9.84 Å². The lowest BCUT2D eigenvalue weighted by Gasteiger charge is -2.27. The zero-order valence-corrected chi connectivity index (χ0v) is 8.88. The van der Waals surface area contributed by atoms with Gasteiger partial charge in [-0.2, -0.15) is 13.2 Å². The van der Waals surface area contributed by atoms with Crippen molar-refractivity contribution in [1.82, 2.24) is 4.90 Å². The summed E-state index contributed by atoms with van der Waals surface area (Å²) in [4.78, 5) is 12.3. The molecule has 0 amide bonds. The third kappa shape index (κ3) is 2.30. The molecule has 94 valence electrons. The molecular formula is C9H14F3NO3. The summed E-state index contributed by atoms with van der Waals surface area (Å²) in [5.74, 6) is -1.79. The number of aliphatic carboxylic acids is 1. The minimum absolute atomic E-state index is 0.134. The standard InChI is InChI=1S/C9H14F3NO3/c1-16-5-4-13-3-2-8(6-13,7(14)15)9(10,11)12/h2-6H2,1H3,(H,14,15). The van der Waals surface area contributed by atoms with E-state index in [-0.39, 0.29) is 6.54 Å². The molecule has 1 aliphatic rings. The molecule has 1 atom stereocenters. The lowest BCUT2D eigenvalue weighted by molar-refractivity contribution is -0.227. The summed E-state index contributed by atoms with van der Waals surface area (Å²) in [7, 11) is 1.45. The maximum absolute atomic E-state index is 12.7. The SMILES string of the molecule is COCCN1CCC(C(=O)O)(C(F)(F)F)C1. The van der Waals surface area contributed by atoms with Gasteiger partial charge in [-0.25, -0.2) is 0 Å². The molecule has 4 nitrogen and oxygen atoms in total. The average molecular weight is 241 g/mol. The Bertz CT molecular complexity index is 269. The smallest absolute Gasteiger partial charge is 0.406 e. The highest BCUT2D eigenvalue weighted by Crippen LogP contribution is 2.45. The van der Waals surface area contributed by atoms with Gasteiger partial charge in [0.25, 0.3) is 0 Å². The molecule has 16 heavy (non-hydrogen) atoms. The molecule has 1 fully saturated rings. The fourth-order valence-electron chi connectivity index (χ4n) is 1.83. The second-order valence-corrected chi connectivity index (χ2v) is 3.90. The van der Waals surface area contributed by atoms with Crippen LogP contribution in [0.15, 0.2) is 0 Å². The van der Waals surface area contributed by atoms with Crippen LogP contribution in [0.2, 0.25) is 0 Å². The number of carboxylic acids is 1. The lowest BCUT2D eigenvalue weighted by Crippen LogP contribution is -2.47. The van der Waals surface area contributed by atoms with Gasteiger partial charge < -0.3 is 9.84 Å². The van der Waals surface area contributed by atoms with E-state index in [2.05, 4.69) is 0 Å². The lowest BCUT2D eigenvalue weighted by atomic mass is 9.86. The van der Waals surface area contributed by atoms with Crippen LogP contribution in [-0.2, 0) is 9.53 Å². The van der Waals surface area contributed by atoms with Crippen LogP contribution in [0.4, 0.5) is 13.2 Å². The third-order valence-electron chi connectivity index (χ3n) is 2.91. The van der Waals surface area contributed by atoms with E-state index in [9.17, 15) is 18.0 Å². The average Bonchev–Trinajstić information content (AvgIpc) is 2.58. The Morgan fingerprint density at radius 1 is 1.56 bits per heavy atom. The Labute approximate surface area is 91.0 Å². The van der Waals surface area contributed by atoms with E-state index in [1.807, 2.05) is 0 Å². The number of nitrogens with zero attached hydrogens (tertiary/aromatic N) is 1. The van der Waals surface area contributed by atoms with E-state index < -0.39 is 30.5 Å². The molecule has 1 rings (SSSR count). The Balaban J connectivity index is 2.74. The fourth-order valence-corrected chi connectivity index (χ4v) is 1.83. The molecule has 0 bridgehead atoms. The number of hydrogen-bond donors (Lipinski definition) is 1. The summed E-state index contributed by atoms with van der Waals surface area (Å²) in [6.45, 7) is 0.263. The van der Waals surface area contributed by atoms with Gasteiger partial charge >= 0.3 is 12.1 Å². The predicted molar refractivity (Wildman–Crippen MR) is 49.1 cm³/mol. The molecule has 1 saturated heterocycles. The molecule has 0 aliphatic carbocycles. The maximum atomic E-state index is 12.7. The monoisotopic (exact) mass is 241 g/mol. The van der Waals surface area contributed by atoms with Crippen molar-refractivity contribution < 1.29 is 27.8 Å². The highest BCUT2D eigenvalue weighted by atomic mass is 19.4. The van der Waals surface area contributed by atoms with Gasteiger partial charge in [0.1, 0.15) is 0 Å². The van der Waals surface area contributed by atoms with Gasteiger partial charge in [-0.05, 0) is 13.0 Å². The van der Waals surface area contributed by atoms with Crippen LogP contribution < -0.4 is 0 Å². The molecule has 1 N–H and O–H groups in total. The van der Waals surface area contributed by atoms with Gasteiger partial charge in [-0.15, -0.1) is 0 Å². The van der Waals surface area contributed by atoms with Gasteiger partial charge in [-0.1, -0.05) is 0 Å². The summed E-state index contributed by atoms with van der Waals surface area (Å²) >= 11 is 0. The van der Waals surface area contributed by atoms with Gasteiger partial charge in [0.05, 0.1) is 6.61 Å². The minimum atomic E-state index is -4.71. The fraction of sp³-hybridized carbons (Fsp3) is 0.889. The van der Waals surface area contributed by atoms with Crippen molar-refractivity contribution in [1.29, 1.82) is 0 Å². The second-order valence-electron chi connectivity index (χ2n) is 3.90. The van der Waals surface area contributed by atoms with Crippen molar-refractivity contribution in [2.45, 2.75) is 12.6 Å². The van der Waals surface area contributed by atoms with Crippen molar-refractivity contribution in [2.75, 3.05) is 33.4 Å². The molecule has 0 saturated carbocycles. The van der Waals surface area contributed by atoms with E-state index in [1.54, 1.807) is 0 Å². The molecule has 1 aliphatic heterocycles. The molecule has 0 radical (unpaired) electrons. The number of ether oxygens (including phenoxy) is 1. The first-order chi connectivity index (χ1) is 7.33. The second kappa shape index (κ2) is 4.58. The van der Waals surface area contributed by atoms with Gasteiger partial charge in [-0.3, -0.25) is 9.69 Å². The van der Waals surface area contributed by atoms with Crippen molar-refractivity contribution in [3.05, 3.63) is 0 Å². The number of likely N-dealkylation sites (tertiary alicyclic amines) is 1. The Hall–Kier alpha value is -0.820. The first kappa shape index (κ1) is 13.2. The number of carboxylic acid groups (broad SMARTS) is 1. The number of alkyl halides is 3. The molecule has 1 unspecified atom stereocenters. The Kier molecular flexibility index (Phi) is 3.80. The first-order valence-corrected chi connectivity index (χ1v) is 4.85. The highest BCUT2D eigenvalue weighted by molar-refractivity contribution is 5.76. The number of halogens is 3. The zero-order valence-electron chi connectivity index (χ0n) is 8.88. The largest absolute Gasteiger partial charge is 0.481 e. The van der Waals surface area contributed by atoms with Crippen molar-refractivity contribution in [3.8, 4) is 0 Å². The van der Waals surface area contributed by atoms with Gasteiger partial charge in [0.2, 0.25) is 0 Å². The predicted octanol–water partition coefficient (Wildman–Crippen LogP) is 0.972. The van der Waals surface area contributed by atoms with Crippen LogP contribution in [0.3, 0.4) is 0 Å². The van der Waals surface area contributed by atoms with Crippen LogP contribution in [-0.4, -0.2) is 55.5 Å². The minimum Gasteiger partial charge on any atom is -0.481 e. The van der Waals surface area contributed by atoms with Crippen LogP contribution >= 0.6 is 0 Å². The summed E-state index contributed by atoms with van der Waals surface area (Å²) in [6, 6.07) is 0. The highest BCUT2D eigenvalue weighted by Gasteiger charge is 2.63. The molecule has 7 heteroatoms. The van der Waals surface area contributed by atoms with E-state index in [0.717, 1.165) is 0 Å². The molecule has 0 aromatic carbocycles. The molecule has 0 spiro atoms. The van der Waals surface area contributed by atoms with E-state index >= 15 is 0 Å². The maximum Gasteiger partial charge on any atom is 0.406 e. The van der Waals surface area contributed by atoms with Crippen molar-refractivity contribution >= 4 is 5.97 Å². The number of hydrogen-bond acceptors (Lipinski definition) is 3. The number of carbonyl (C=O) groups is 1. The molecular weight excluding hydrogens is 227 g/mol. The normalized spacial score (nSPS) is 27.2. The molecule has 0 aromatic rings. The summed E-state index contributed by atoms with van der Waals surface area (Å²) in [5, 5.41) is 8.76. The van der Waals surface area contributed by atoms with Gasteiger partial charge in [0.15, 0.2) is 5.41 Å². The van der Waals surface area contributed by atoms with Crippen molar-refractivity contribution in [3.63, 3.8) is 0 Å². The topological polar surface area (TPSA) is 49.8 Å². The van der Waals surface area contributed by atoms with E-state index in [0.29, 0.717) is 13.2 Å². The van der Waals surface area contributed by atoms with Crippen LogP contribution in [0.25, 0.3) is 0 Å². The summed E-state index contributed by atoms with van der Waals surface area (Å²) in [6.07, 6.45) is -5.10. The molecule has 1 heterocycles. The zero-order chi connectivity index (χ0) is 12.4. The van der Waals surface area contributed by atoms with Gasteiger partial charge in [0, 0.05) is 20.2 Å². The Morgan fingerprint density at radius 3 is 2.56 bits per heavy atom. The summed E-state index contributed by atoms with van der Waals surface area (Å²) in [5.41, 5.74) is -2.61. The van der Waals surface area contributed by atoms with Crippen molar-refractivity contribution in [2.24, 2.45) is 5.41 Å². The first-order valence-electron chi connectivity index (χ1n) is 4.85. The quantitative estimate of drug-likeness (QED) is 0.796. The third-order valence-corrected chi connectivity index (χ3v) is 2.91. The molecule has 0 aromatic heterocycles. The van der Waals surface area contributed by atoms with Crippen LogP contribution in [0.1, 0.15) is 6.42 Å². The van der Waals surface area contributed by atoms with Crippen LogP contribution in [0, 0.1) is 5.41 Å². The number of methoxy groups -OCH3 is 1. The van der Waals surface area contributed by atoms with E-state index in [1.165, 1.54) is 12.0 Å². The Morgan fingerprint density at radius 2 is 2.19 bits per heavy atom. The van der Waals surface area contributed by atoms with Crippen LogP contribution in [0.5, 0.6) is 0 Å². The summed E-state index contributed by atoms with van der Waals surface area (Å²) < 4.78 is 42.9.